The molecule has 3 aliphatic heterocycles. The van der Waals surface area contributed by atoms with E-state index in [1.165, 1.54) is 6.08 Å². The molecule has 2 bridgehead atoms. The maximum Gasteiger partial charge on any atom is 0.334 e. The van der Waals surface area contributed by atoms with Crippen molar-refractivity contribution in [2.45, 2.75) is 63.6 Å². The van der Waals surface area contributed by atoms with Gasteiger partial charge in [0, 0.05) is 30.1 Å². The van der Waals surface area contributed by atoms with Gasteiger partial charge in [-0.3, -0.25) is 0 Å². The zero-order valence-corrected chi connectivity index (χ0v) is 15.5. The highest BCUT2D eigenvalue weighted by atomic mass is 16.7. The molecule has 7 nitrogen and oxygen atoms in total. The number of carbonyl (C=O) groups is 3. The third-order valence-corrected chi connectivity index (χ3v) is 5.51. The van der Waals surface area contributed by atoms with E-state index in [0.717, 1.165) is 5.57 Å². The number of hydrogen-bond donors (Lipinski definition) is 0. The van der Waals surface area contributed by atoms with Crippen LogP contribution in [0.2, 0.25) is 0 Å². The summed E-state index contributed by atoms with van der Waals surface area (Å²) >= 11 is 0. The van der Waals surface area contributed by atoms with E-state index in [0.29, 0.717) is 12.0 Å². The van der Waals surface area contributed by atoms with Crippen molar-refractivity contribution in [1.82, 2.24) is 0 Å². The van der Waals surface area contributed by atoms with Crippen LogP contribution >= 0.6 is 0 Å². The lowest BCUT2D eigenvalue weighted by molar-refractivity contribution is -0.149. The lowest BCUT2D eigenvalue weighted by atomic mass is 9.82. The molecule has 7 heteroatoms. The number of allylic oxidation sites excluding steroid dienone is 1. The van der Waals surface area contributed by atoms with Gasteiger partial charge in [0.25, 0.3) is 0 Å². The summed E-state index contributed by atoms with van der Waals surface area (Å²) in [4.78, 5) is 36.7. The molecule has 0 aromatic heterocycles. The summed E-state index contributed by atoms with van der Waals surface area (Å²) in [5.74, 6) is -2.07. The van der Waals surface area contributed by atoms with E-state index in [-0.39, 0.29) is 18.1 Å². The van der Waals surface area contributed by atoms with E-state index in [9.17, 15) is 14.4 Å². The van der Waals surface area contributed by atoms with Gasteiger partial charge >= 0.3 is 17.9 Å². The normalized spacial score (nSPS) is 39.4. The molecule has 0 saturated carbocycles. The molecule has 2 saturated heterocycles. The Morgan fingerprint density at radius 2 is 2.04 bits per heavy atom. The number of rotatable bonds is 2. The molecule has 27 heavy (non-hydrogen) atoms. The van der Waals surface area contributed by atoms with Crippen molar-refractivity contribution < 1.29 is 33.3 Å². The highest BCUT2D eigenvalue weighted by Gasteiger charge is 2.65. The summed E-state index contributed by atoms with van der Waals surface area (Å²) in [7, 11) is 0. The van der Waals surface area contributed by atoms with Gasteiger partial charge in [0.1, 0.15) is 24.4 Å². The minimum Gasteiger partial charge on any atom is -0.458 e. The van der Waals surface area contributed by atoms with E-state index in [2.05, 4.69) is 6.58 Å². The van der Waals surface area contributed by atoms with Gasteiger partial charge in [-0.2, -0.15) is 0 Å². The fourth-order valence-electron chi connectivity index (χ4n) is 4.20. The number of carbonyl (C=O) groups excluding carboxylic acids is 3. The van der Waals surface area contributed by atoms with Crippen molar-refractivity contribution in [1.29, 1.82) is 0 Å². The molecule has 1 aliphatic carbocycles. The Morgan fingerprint density at radius 3 is 2.74 bits per heavy atom. The molecule has 0 amide bonds. The first-order valence-corrected chi connectivity index (χ1v) is 9.03. The van der Waals surface area contributed by atoms with E-state index in [1.54, 1.807) is 19.9 Å². The van der Waals surface area contributed by atoms with Crippen LogP contribution in [0.5, 0.6) is 0 Å². The Hall–Kier alpha value is -2.41. The number of fused-ring (bicyclic) bond motifs is 4. The second-order valence-electron chi connectivity index (χ2n) is 8.01. The van der Waals surface area contributed by atoms with Crippen LogP contribution in [-0.2, 0) is 33.3 Å². The fourth-order valence-corrected chi connectivity index (χ4v) is 4.20. The zero-order chi connectivity index (χ0) is 19.5. The Labute approximate surface area is 157 Å². The number of hydrogen-bond acceptors (Lipinski definition) is 7. The van der Waals surface area contributed by atoms with Gasteiger partial charge in [0.15, 0.2) is 0 Å². The number of ether oxygens (including phenoxy) is 4. The molecule has 0 aromatic carbocycles. The highest BCUT2D eigenvalue weighted by molar-refractivity contribution is 5.93. The van der Waals surface area contributed by atoms with Crippen LogP contribution in [0, 0.1) is 5.92 Å². The van der Waals surface area contributed by atoms with E-state index < -0.39 is 47.7 Å². The molecule has 0 aromatic rings. The van der Waals surface area contributed by atoms with Gasteiger partial charge in [-0.15, -0.1) is 0 Å². The van der Waals surface area contributed by atoms with Crippen molar-refractivity contribution in [3.8, 4) is 0 Å². The van der Waals surface area contributed by atoms with Crippen LogP contribution in [0.4, 0.5) is 0 Å². The third-order valence-electron chi connectivity index (χ3n) is 5.51. The first-order valence-electron chi connectivity index (χ1n) is 9.03. The summed E-state index contributed by atoms with van der Waals surface area (Å²) in [6.07, 6.45) is 1.62. The Bertz CT molecular complexity index is 803. The average Bonchev–Trinajstić information content (AvgIpc) is 2.95. The maximum atomic E-state index is 12.3. The van der Waals surface area contributed by atoms with Crippen molar-refractivity contribution in [2.24, 2.45) is 5.92 Å². The molecule has 0 N–H and O–H groups in total. The summed E-state index contributed by atoms with van der Waals surface area (Å²) in [6, 6.07) is 0. The minimum atomic E-state index is -0.777. The van der Waals surface area contributed by atoms with E-state index in [4.69, 9.17) is 18.9 Å². The van der Waals surface area contributed by atoms with Gasteiger partial charge in [-0.1, -0.05) is 12.2 Å². The van der Waals surface area contributed by atoms with E-state index in [1.807, 2.05) is 6.92 Å². The predicted octanol–water partition coefficient (Wildman–Crippen LogP) is 1.77. The molecule has 4 aliphatic rings. The minimum absolute atomic E-state index is 0.137. The Balaban J connectivity index is 1.71. The molecule has 6 atom stereocenters. The predicted molar refractivity (Wildman–Crippen MR) is 92.3 cm³/mol. The molecular weight excluding hydrogens is 352 g/mol. The van der Waals surface area contributed by atoms with Gasteiger partial charge in [-0.05, 0) is 26.8 Å². The van der Waals surface area contributed by atoms with Crippen molar-refractivity contribution in [2.75, 3.05) is 0 Å². The molecule has 4 rings (SSSR count). The maximum absolute atomic E-state index is 12.3. The molecule has 144 valence electrons. The highest BCUT2D eigenvalue weighted by Crippen LogP contribution is 2.51. The summed E-state index contributed by atoms with van der Waals surface area (Å²) in [6.45, 7) is 9.31. The van der Waals surface area contributed by atoms with Crippen LogP contribution in [-0.4, -0.2) is 47.9 Å². The second kappa shape index (κ2) is 6.05. The molecule has 2 fully saturated rings. The summed E-state index contributed by atoms with van der Waals surface area (Å²) in [5, 5.41) is 0. The quantitative estimate of drug-likeness (QED) is 0.315. The average molecular weight is 374 g/mol. The molecular formula is C20H22O7. The lowest BCUT2D eigenvalue weighted by Crippen LogP contribution is -2.38. The molecule has 0 radical (unpaired) electrons. The first-order chi connectivity index (χ1) is 12.7. The summed E-state index contributed by atoms with van der Waals surface area (Å²) < 4.78 is 22.4. The Morgan fingerprint density at radius 1 is 1.30 bits per heavy atom. The van der Waals surface area contributed by atoms with E-state index >= 15 is 0 Å². The largest absolute Gasteiger partial charge is 0.458 e. The number of esters is 3. The van der Waals surface area contributed by atoms with Crippen LogP contribution in [0.3, 0.4) is 0 Å². The monoisotopic (exact) mass is 374 g/mol. The summed E-state index contributed by atoms with van der Waals surface area (Å²) in [5.41, 5.74) is 0.878. The van der Waals surface area contributed by atoms with Gasteiger partial charge in [0.05, 0.1) is 11.5 Å². The standard InChI is InChI=1S/C20H22O7/c1-9(2)5-14(21)25-13-7-11-6-12(24-19(11)23)8-20(4)17(27-20)16-15(13)10(3)18(22)26-16/h5-6,12-13,15-17H,3,7-8H2,1-2,4H3/t12-,13-,15+,16-,17+,20+/m0/s1. The van der Waals surface area contributed by atoms with Crippen LogP contribution in [0.1, 0.15) is 33.6 Å². The van der Waals surface area contributed by atoms with Crippen LogP contribution < -0.4 is 0 Å². The smallest absolute Gasteiger partial charge is 0.334 e. The fraction of sp³-hybridized carbons (Fsp3) is 0.550. The first kappa shape index (κ1) is 18.0. The number of epoxide rings is 1. The topological polar surface area (TPSA) is 91.4 Å². The Kier molecular flexibility index (Phi) is 4.03. The van der Waals surface area contributed by atoms with Crippen LogP contribution in [0.25, 0.3) is 0 Å². The second-order valence-corrected chi connectivity index (χ2v) is 8.01. The zero-order valence-electron chi connectivity index (χ0n) is 15.5. The molecule has 0 spiro atoms. The van der Waals surface area contributed by atoms with Gasteiger partial charge in [0.2, 0.25) is 0 Å². The third kappa shape index (κ3) is 3.10. The SMILES string of the molecule is C=C1C(=O)O[C@H]2[C@H]1[C@@H](OC(=O)C=C(C)C)CC1=C[C@@H](C[C@@]3(C)O[C@H]23)OC1=O. The van der Waals surface area contributed by atoms with Crippen molar-refractivity contribution in [3.05, 3.63) is 35.5 Å². The lowest BCUT2D eigenvalue weighted by Gasteiger charge is -2.26. The van der Waals surface area contributed by atoms with Gasteiger partial charge in [-0.25, -0.2) is 14.4 Å². The van der Waals surface area contributed by atoms with Crippen LogP contribution in [0.15, 0.2) is 35.5 Å². The van der Waals surface area contributed by atoms with Gasteiger partial charge < -0.3 is 18.9 Å². The van der Waals surface area contributed by atoms with Crippen molar-refractivity contribution >= 4 is 17.9 Å². The molecule has 0 unspecified atom stereocenters. The van der Waals surface area contributed by atoms with Crippen molar-refractivity contribution in [3.63, 3.8) is 0 Å². The molecule has 3 heterocycles.